The highest BCUT2D eigenvalue weighted by Crippen LogP contribution is 2.43. The normalized spacial score (nSPS) is 18.5. The standard InChI is InChI=1S/C20H26ClNO4/c1-4-5-10-25-19(24)22-8-6-20(7-9-22)12-15(23)17-14(3)18(21)13(2)11-16(17)26-20/h11H,4-10,12H2,1-3H3. The third-order valence-electron chi connectivity index (χ3n) is 5.39. The van der Waals surface area contributed by atoms with Gasteiger partial charge in [0.25, 0.3) is 0 Å². The van der Waals surface area contributed by atoms with E-state index < -0.39 is 5.60 Å². The summed E-state index contributed by atoms with van der Waals surface area (Å²) in [4.78, 5) is 26.6. The first-order valence-electron chi connectivity index (χ1n) is 9.30. The average Bonchev–Trinajstić information content (AvgIpc) is 2.60. The predicted octanol–water partition coefficient (Wildman–Crippen LogP) is 4.69. The van der Waals surface area contributed by atoms with E-state index in [1.807, 2.05) is 19.9 Å². The van der Waals surface area contributed by atoms with Crippen molar-refractivity contribution < 1.29 is 19.1 Å². The zero-order chi connectivity index (χ0) is 18.9. The Bertz CT molecular complexity index is 723. The topological polar surface area (TPSA) is 55.8 Å². The van der Waals surface area contributed by atoms with Gasteiger partial charge in [-0.2, -0.15) is 0 Å². The molecule has 6 heteroatoms. The van der Waals surface area contributed by atoms with Gasteiger partial charge in [0.15, 0.2) is 5.78 Å². The average molecular weight is 380 g/mol. The first-order valence-corrected chi connectivity index (χ1v) is 9.68. The zero-order valence-corrected chi connectivity index (χ0v) is 16.4. The molecule has 1 spiro atoms. The van der Waals surface area contributed by atoms with Crippen LogP contribution in [0.1, 0.15) is 60.5 Å². The van der Waals surface area contributed by atoms with Gasteiger partial charge in [-0.25, -0.2) is 4.79 Å². The number of likely N-dealkylation sites (tertiary alicyclic amines) is 1. The van der Waals surface area contributed by atoms with E-state index in [-0.39, 0.29) is 11.9 Å². The van der Waals surface area contributed by atoms with E-state index in [0.29, 0.717) is 55.3 Å². The van der Waals surface area contributed by atoms with Crippen LogP contribution in [-0.2, 0) is 4.74 Å². The minimum Gasteiger partial charge on any atom is -0.486 e. The van der Waals surface area contributed by atoms with Gasteiger partial charge in [0.2, 0.25) is 0 Å². The van der Waals surface area contributed by atoms with Gasteiger partial charge in [0.1, 0.15) is 11.4 Å². The number of ether oxygens (including phenoxy) is 2. The number of fused-ring (bicyclic) bond motifs is 1. The van der Waals surface area contributed by atoms with Crippen LogP contribution in [0.25, 0.3) is 0 Å². The Morgan fingerprint density at radius 3 is 2.69 bits per heavy atom. The Hall–Kier alpha value is -1.75. The van der Waals surface area contributed by atoms with Gasteiger partial charge in [-0.15, -0.1) is 0 Å². The lowest BCUT2D eigenvalue weighted by Gasteiger charge is -2.44. The number of rotatable bonds is 3. The maximum absolute atomic E-state index is 12.8. The number of halogens is 1. The van der Waals surface area contributed by atoms with Crippen molar-refractivity contribution in [2.75, 3.05) is 19.7 Å². The molecule has 0 radical (unpaired) electrons. The number of unbranched alkanes of at least 4 members (excludes halogenated alkanes) is 1. The van der Waals surface area contributed by atoms with Crippen molar-refractivity contribution in [1.29, 1.82) is 0 Å². The fourth-order valence-electron chi connectivity index (χ4n) is 3.77. The molecule has 3 rings (SSSR count). The van der Waals surface area contributed by atoms with Crippen LogP contribution in [0.2, 0.25) is 5.02 Å². The van der Waals surface area contributed by atoms with Crippen LogP contribution in [0.15, 0.2) is 6.07 Å². The molecule has 0 N–H and O–H groups in total. The van der Waals surface area contributed by atoms with Crippen molar-refractivity contribution in [3.63, 3.8) is 0 Å². The highest BCUT2D eigenvalue weighted by molar-refractivity contribution is 6.32. The molecule has 0 atom stereocenters. The van der Waals surface area contributed by atoms with Crippen molar-refractivity contribution >= 4 is 23.5 Å². The lowest BCUT2D eigenvalue weighted by atomic mass is 9.81. The van der Waals surface area contributed by atoms with Crippen molar-refractivity contribution in [3.05, 3.63) is 27.8 Å². The van der Waals surface area contributed by atoms with E-state index in [1.54, 1.807) is 4.90 Å². The van der Waals surface area contributed by atoms with Gasteiger partial charge in [0, 0.05) is 31.0 Å². The monoisotopic (exact) mass is 379 g/mol. The minimum absolute atomic E-state index is 0.0737. The summed E-state index contributed by atoms with van der Waals surface area (Å²) >= 11 is 6.30. The van der Waals surface area contributed by atoms with E-state index in [9.17, 15) is 9.59 Å². The van der Waals surface area contributed by atoms with Crippen molar-refractivity contribution in [2.24, 2.45) is 0 Å². The van der Waals surface area contributed by atoms with E-state index in [2.05, 4.69) is 6.92 Å². The Balaban J connectivity index is 1.71. The van der Waals surface area contributed by atoms with Crippen LogP contribution in [0, 0.1) is 13.8 Å². The molecule has 1 aromatic carbocycles. The summed E-state index contributed by atoms with van der Waals surface area (Å²) < 4.78 is 11.6. The number of piperidine rings is 1. The summed E-state index contributed by atoms with van der Waals surface area (Å²) in [6, 6.07) is 1.86. The summed E-state index contributed by atoms with van der Waals surface area (Å²) in [6.07, 6.45) is 3.19. The lowest BCUT2D eigenvalue weighted by Crippen LogP contribution is -2.52. The second kappa shape index (κ2) is 7.47. The van der Waals surface area contributed by atoms with Crippen LogP contribution in [0.5, 0.6) is 5.75 Å². The number of carbonyl (C=O) groups is 2. The molecule has 2 aliphatic heterocycles. The molecule has 142 valence electrons. The Kier molecular flexibility index (Phi) is 5.47. The van der Waals surface area contributed by atoms with Crippen LogP contribution >= 0.6 is 11.6 Å². The fraction of sp³-hybridized carbons (Fsp3) is 0.600. The number of hydrogen-bond donors (Lipinski definition) is 0. The number of ketones is 1. The summed E-state index contributed by atoms with van der Waals surface area (Å²) in [7, 11) is 0. The Morgan fingerprint density at radius 1 is 1.35 bits per heavy atom. The molecular weight excluding hydrogens is 354 g/mol. The molecule has 2 aliphatic rings. The molecule has 26 heavy (non-hydrogen) atoms. The molecule has 0 aliphatic carbocycles. The largest absolute Gasteiger partial charge is 0.486 e. The summed E-state index contributed by atoms with van der Waals surface area (Å²) in [5.41, 5.74) is 1.77. The molecule has 5 nitrogen and oxygen atoms in total. The number of benzene rings is 1. The molecule has 1 amide bonds. The third kappa shape index (κ3) is 3.54. The van der Waals surface area contributed by atoms with Gasteiger partial charge >= 0.3 is 6.09 Å². The molecule has 2 heterocycles. The van der Waals surface area contributed by atoms with Gasteiger partial charge in [-0.3, -0.25) is 4.79 Å². The van der Waals surface area contributed by atoms with Crippen molar-refractivity contribution in [1.82, 2.24) is 4.90 Å². The van der Waals surface area contributed by atoms with Gasteiger partial charge < -0.3 is 14.4 Å². The van der Waals surface area contributed by atoms with E-state index in [4.69, 9.17) is 21.1 Å². The van der Waals surface area contributed by atoms with Gasteiger partial charge in [0.05, 0.1) is 18.6 Å². The lowest BCUT2D eigenvalue weighted by molar-refractivity contribution is -0.00923. The first kappa shape index (κ1) is 19.0. The Labute approximate surface area is 159 Å². The smallest absolute Gasteiger partial charge is 0.409 e. The minimum atomic E-state index is -0.531. The molecule has 0 unspecified atom stereocenters. The highest BCUT2D eigenvalue weighted by Gasteiger charge is 2.44. The van der Waals surface area contributed by atoms with Crippen LogP contribution < -0.4 is 4.74 Å². The summed E-state index contributed by atoms with van der Waals surface area (Å²) in [5, 5.41) is 0.626. The maximum atomic E-state index is 12.8. The number of Topliss-reactive ketones (excluding diaryl/α,β-unsaturated/α-hetero) is 1. The number of carbonyl (C=O) groups excluding carboxylic acids is 2. The molecule has 0 bridgehead atoms. The second-order valence-electron chi connectivity index (χ2n) is 7.35. The number of aryl methyl sites for hydroxylation is 1. The first-order chi connectivity index (χ1) is 12.4. The van der Waals surface area contributed by atoms with Crippen LogP contribution in [0.3, 0.4) is 0 Å². The molecule has 1 saturated heterocycles. The summed E-state index contributed by atoms with van der Waals surface area (Å²) in [5.74, 6) is 0.698. The van der Waals surface area contributed by atoms with Crippen molar-refractivity contribution in [3.8, 4) is 5.75 Å². The Morgan fingerprint density at radius 2 is 2.04 bits per heavy atom. The maximum Gasteiger partial charge on any atom is 0.409 e. The summed E-state index contributed by atoms with van der Waals surface area (Å²) in [6.45, 7) is 7.38. The van der Waals surface area contributed by atoms with Crippen LogP contribution in [-0.4, -0.2) is 42.1 Å². The second-order valence-corrected chi connectivity index (χ2v) is 7.72. The van der Waals surface area contributed by atoms with E-state index in [1.165, 1.54) is 0 Å². The molecule has 1 fully saturated rings. The molecule has 1 aromatic rings. The van der Waals surface area contributed by atoms with Crippen molar-refractivity contribution in [2.45, 2.75) is 58.5 Å². The quantitative estimate of drug-likeness (QED) is 0.714. The number of amides is 1. The fourth-order valence-corrected chi connectivity index (χ4v) is 3.92. The van der Waals surface area contributed by atoms with Gasteiger partial charge in [-0.05, 0) is 37.5 Å². The zero-order valence-electron chi connectivity index (χ0n) is 15.7. The number of nitrogens with zero attached hydrogens (tertiary/aromatic N) is 1. The molecule has 0 saturated carbocycles. The predicted molar refractivity (Wildman–Crippen MR) is 100 cm³/mol. The third-order valence-corrected chi connectivity index (χ3v) is 5.97. The molecular formula is C20H26ClNO4. The van der Waals surface area contributed by atoms with Gasteiger partial charge in [-0.1, -0.05) is 24.9 Å². The van der Waals surface area contributed by atoms with E-state index >= 15 is 0 Å². The number of hydrogen-bond acceptors (Lipinski definition) is 4. The SMILES string of the molecule is CCCCOC(=O)N1CCC2(CC1)CC(=O)c1c(cc(C)c(Cl)c1C)O2. The van der Waals surface area contributed by atoms with Crippen LogP contribution in [0.4, 0.5) is 4.79 Å². The molecule has 0 aromatic heterocycles. The highest BCUT2D eigenvalue weighted by atomic mass is 35.5. The van der Waals surface area contributed by atoms with E-state index in [0.717, 1.165) is 24.0 Å².